The van der Waals surface area contributed by atoms with Gasteiger partial charge in [-0.15, -0.1) is 0 Å². The lowest BCUT2D eigenvalue weighted by Crippen LogP contribution is -2.36. The summed E-state index contributed by atoms with van der Waals surface area (Å²) >= 11 is 0. The van der Waals surface area contributed by atoms with Gasteiger partial charge in [0, 0.05) is 19.6 Å². The van der Waals surface area contributed by atoms with E-state index in [1.165, 1.54) is 19.5 Å². The zero-order valence-corrected chi connectivity index (χ0v) is 10.4. The van der Waals surface area contributed by atoms with Crippen molar-refractivity contribution in [2.24, 2.45) is 11.3 Å². The molecule has 0 unspecified atom stereocenters. The standard InChI is InChI=1S/C13H25N/c1-11(2)12-6-8-14(9-7-12)10-13(3,4)5/h6,11H,7-10H2,1-5H3. The zero-order chi connectivity index (χ0) is 10.8. The molecule has 0 aliphatic carbocycles. The third-order valence-corrected chi connectivity index (χ3v) is 2.77. The molecule has 0 fully saturated rings. The number of hydrogen-bond donors (Lipinski definition) is 0. The van der Waals surface area contributed by atoms with Crippen molar-refractivity contribution in [2.45, 2.75) is 41.0 Å². The van der Waals surface area contributed by atoms with Gasteiger partial charge in [0.1, 0.15) is 0 Å². The fourth-order valence-corrected chi connectivity index (χ4v) is 2.07. The average Bonchev–Trinajstić information content (AvgIpc) is 2.02. The Balaban J connectivity index is 2.43. The van der Waals surface area contributed by atoms with Crippen LogP contribution >= 0.6 is 0 Å². The van der Waals surface area contributed by atoms with E-state index in [1.54, 1.807) is 5.57 Å². The average molecular weight is 195 g/mol. The second-order valence-electron chi connectivity index (χ2n) is 5.98. The molecule has 0 spiro atoms. The van der Waals surface area contributed by atoms with Crippen molar-refractivity contribution >= 4 is 0 Å². The summed E-state index contributed by atoms with van der Waals surface area (Å²) in [6, 6.07) is 0. The summed E-state index contributed by atoms with van der Waals surface area (Å²) in [6.45, 7) is 15.2. The molecule has 1 heteroatoms. The summed E-state index contributed by atoms with van der Waals surface area (Å²) in [7, 11) is 0. The van der Waals surface area contributed by atoms with E-state index in [0.29, 0.717) is 5.41 Å². The van der Waals surface area contributed by atoms with Gasteiger partial charge in [-0.05, 0) is 17.8 Å². The molecule has 0 aromatic heterocycles. The summed E-state index contributed by atoms with van der Waals surface area (Å²) in [5, 5.41) is 0. The predicted molar refractivity (Wildman–Crippen MR) is 63.4 cm³/mol. The van der Waals surface area contributed by atoms with Crippen molar-refractivity contribution in [1.29, 1.82) is 0 Å². The van der Waals surface area contributed by atoms with Crippen LogP contribution in [-0.2, 0) is 0 Å². The van der Waals surface area contributed by atoms with Crippen LogP contribution < -0.4 is 0 Å². The normalized spacial score (nSPS) is 20.0. The van der Waals surface area contributed by atoms with E-state index in [9.17, 15) is 0 Å². The minimum Gasteiger partial charge on any atom is -0.299 e. The lowest BCUT2D eigenvalue weighted by molar-refractivity contribution is 0.201. The van der Waals surface area contributed by atoms with Gasteiger partial charge in [-0.25, -0.2) is 0 Å². The third kappa shape index (κ3) is 3.83. The van der Waals surface area contributed by atoms with Crippen LogP contribution in [0.1, 0.15) is 41.0 Å². The second kappa shape index (κ2) is 4.48. The molecule has 14 heavy (non-hydrogen) atoms. The second-order valence-corrected chi connectivity index (χ2v) is 5.98. The maximum atomic E-state index is 2.56. The zero-order valence-electron chi connectivity index (χ0n) is 10.4. The first kappa shape index (κ1) is 11.8. The van der Waals surface area contributed by atoms with Crippen LogP contribution in [0.3, 0.4) is 0 Å². The summed E-state index contributed by atoms with van der Waals surface area (Å²) in [5.41, 5.74) is 2.08. The van der Waals surface area contributed by atoms with Crippen LogP contribution in [0.5, 0.6) is 0 Å². The minimum atomic E-state index is 0.434. The highest BCUT2D eigenvalue weighted by Gasteiger charge is 2.19. The maximum Gasteiger partial charge on any atom is 0.0166 e. The van der Waals surface area contributed by atoms with E-state index in [1.807, 2.05) is 0 Å². The molecule has 1 aliphatic heterocycles. The molecular weight excluding hydrogens is 170 g/mol. The molecular formula is C13H25N. The van der Waals surface area contributed by atoms with Gasteiger partial charge in [-0.2, -0.15) is 0 Å². The quantitative estimate of drug-likeness (QED) is 0.611. The van der Waals surface area contributed by atoms with Crippen molar-refractivity contribution in [2.75, 3.05) is 19.6 Å². The highest BCUT2D eigenvalue weighted by Crippen LogP contribution is 2.22. The van der Waals surface area contributed by atoms with Gasteiger partial charge in [0.25, 0.3) is 0 Å². The van der Waals surface area contributed by atoms with E-state index in [2.05, 4.69) is 45.6 Å². The molecule has 0 saturated carbocycles. The van der Waals surface area contributed by atoms with Crippen LogP contribution in [-0.4, -0.2) is 24.5 Å². The summed E-state index contributed by atoms with van der Waals surface area (Å²) in [5.74, 6) is 0.742. The Bertz CT molecular complexity index is 208. The smallest absolute Gasteiger partial charge is 0.0166 e. The Kier molecular flexibility index (Phi) is 3.77. The van der Waals surface area contributed by atoms with Crippen molar-refractivity contribution in [3.8, 4) is 0 Å². The molecule has 0 N–H and O–H groups in total. The van der Waals surface area contributed by atoms with Crippen LogP contribution in [0.2, 0.25) is 0 Å². The first-order valence-electron chi connectivity index (χ1n) is 5.80. The molecule has 1 rings (SSSR count). The van der Waals surface area contributed by atoms with E-state index in [4.69, 9.17) is 0 Å². The number of rotatable bonds is 2. The van der Waals surface area contributed by atoms with E-state index in [-0.39, 0.29) is 0 Å². The van der Waals surface area contributed by atoms with Gasteiger partial charge in [0.15, 0.2) is 0 Å². The van der Waals surface area contributed by atoms with Crippen LogP contribution in [0.25, 0.3) is 0 Å². The predicted octanol–water partition coefficient (Wildman–Crippen LogP) is 3.32. The molecule has 0 aromatic carbocycles. The van der Waals surface area contributed by atoms with Crippen LogP contribution in [0, 0.1) is 11.3 Å². The lowest BCUT2D eigenvalue weighted by atomic mass is 9.93. The number of nitrogens with zero attached hydrogens (tertiary/aromatic N) is 1. The first-order valence-corrected chi connectivity index (χ1v) is 5.80. The Hall–Kier alpha value is -0.300. The minimum absolute atomic E-state index is 0.434. The monoisotopic (exact) mass is 195 g/mol. The van der Waals surface area contributed by atoms with Crippen molar-refractivity contribution < 1.29 is 0 Å². The van der Waals surface area contributed by atoms with Gasteiger partial charge in [0.2, 0.25) is 0 Å². The van der Waals surface area contributed by atoms with Crippen molar-refractivity contribution in [3.05, 3.63) is 11.6 Å². The lowest BCUT2D eigenvalue weighted by Gasteiger charge is -2.32. The van der Waals surface area contributed by atoms with Gasteiger partial charge >= 0.3 is 0 Å². The van der Waals surface area contributed by atoms with Gasteiger partial charge < -0.3 is 0 Å². The fraction of sp³-hybridized carbons (Fsp3) is 0.846. The summed E-state index contributed by atoms with van der Waals surface area (Å²) in [6.07, 6.45) is 3.70. The molecule has 0 aromatic rings. The molecule has 82 valence electrons. The summed E-state index contributed by atoms with van der Waals surface area (Å²) in [4.78, 5) is 2.56. The van der Waals surface area contributed by atoms with E-state index >= 15 is 0 Å². The van der Waals surface area contributed by atoms with Crippen LogP contribution in [0.15, 0.2) is 11.6 Å². The van der Waals surface area contributed by atoms with Gasteiger partial charge in [0.05, 0.1) is 0 Å². The molecule has 0 radical (unpaired) electrons. The van der Waals surface area contributed by atoms with Crippen LogP contribution in [0.4, 0.5) is 0 Å². The molecule has 0 atom stereocenters. The Morgan fingerprint density at radius 3 is 2.36 bits per heavy atom. The van der Waals surface area contributed by atoms with Crippen molar-refractivity contribution in [1.82, 2.24) is 4.90 Å². The first-order chi connectivity index (χ1) is 6.38. The van der Waals surface area contributed by atoms with Gasteiger partial charge in [-0.3, -0.25) is 4.90 Å². The van der Waals surface area contributed by atoms with E-state index in [0.717, 1.165) is 12.5 Å². The molecule has 0 amide bonds. The highest BCUT2D eigenvalue weighted by atomic mass is 15.1. The third-order valence-electron chi connectivity index (χ3n) is 2.77. The summed E-state index contributed by atoms with van der Waals surface area (Å²) < 4.78 is 0. The SMILES string of the molecule is CC(C)C1=CCN(CC(C)(C)C)CC1. The Labute approximate surface area is 89.2 Å². The van der Waals surface area contributed by atoms with Gasteiger partial charge in [-0.1, -0.05) is 46.3 Å². The Morgan fingerprint density at radius 2 is 2.00 bits per heavy atom. The van der Waals surface area contributed by atoms with Crippen molar-refractivity contribution in [3.63, 3.8) is 0 Å². The molecule has 1 aliphatic rings. The fourth-order valence-electron chi connectivity index (χ4n) is 2.07. The number of hydrogen-bond acceptors (Lipinski definition) is 1. The highest BCUT2D eigenvalue weighted by molar-refractivity contribution is 5.09. The largest absolute Gasteiger partial charge is 0.299 e. The molecule has 1 nitrogen and oxygen atoms in total. The molecule has 0 bridgehead atoms. The molecule has 1 heterocycles. The maximum absolute atomic E-state index is 2.56. The Morgan fingerprint density at radius 1 is 1.36 bits per heavy atom. The molecule has 0 saturated heterocycles. The topological polar surface area (TPSA) is 3.24 Å². The van der Waals surface area contributed by atoms with E-state index < -0.39 is 0 Å².